The summed E-state index contributed by atoms with van der Waals surface area (Å²) in [5.41, 5.74) is 1.77. The van der Waals surface area contributed by atoms with Gasteiger partial charge in [0, 0.05) is 6.54 Å². The Bertz CT molecular complexity index is 632. The summed E-state index contributed by atoms with van der Waals surface area (Å²) < 4.78 is 33.9. The van der Waals surface area contributed by atoms with Gasteiger partial charge in [-0.2, -0.15) is 8.78 Å². The van der Waals surface area contributed by atoms with Crippen molar-refractivity contribution < 1.29 is 23.0 Å². The van der Waals surface area contributed by atoms with Gasteiger partial charge in [0.2, 0.25) is 5.91 Å². The molecule has 0 heterocycles. The second kappa shape index (κ2) is 8.98. The number of nitrogens with one attached hydrogen (secondary N) is 1. The second-order valence-corrected chi connectivity index (χ2v) is 5.18. The van der Waals surface area contributed by atoms with Crippen LogP contribution >= 0.6 is 0 Å². The van der Waals surface area contributed by atoms with E-state index in [1.165, 1.54) is 12.1 Å². The van der Waals surface area contributed by atoms with Crippen molar-refractivity contribution in [2.75, 3.05) is 0 Å². The fourth-order valence-corrected chi connectivity index (χ4v) is 1.99. The summed E-state index contributed by atoms with van der Waals surface area (Å²) in [6.07, 6.45) is -0.591. The van der Waals surface area contributed by atoms with Gasteiger partial charge in [-0.05, 0) is 30.2 Å². The molecule has 1 N–H and O–H groups in total. The zero-order chi connectivity index (χ0) is 17.4. The number of halogens is 2. The van der Waals surface area contributed by atoms with Crippen LogP contribution in [0.3, 0.4) is 0 Å². The first kappa shape index (κ1) is 17.9. The first-order valence-electron chi connectivity index (χ1n) is 7.51. The average molecular weight is 335 g/mol. The molecule has 2 aromatic carbocycles. The third-order valence-corrected chi connectivity index (χ3v) is 3.33. The molecule has 2 rings (SSSR count). The normalized spacial score (nSPS) is 12.0. The Balaban J connectivity index is 1.75. The van der Waals surface area contributed by atoms with Crippen molar-refractivity contribution in [3.8, 4) is 5.75 Å². The van der Waals surface area contributed by atoms with Crippen LogP contribution in [-0.2, 0) is 22.7 Å². The van der Waals surface area contributed by atoms with Crippen LogP contribution in [-0.4, -0.2) is 18.6 Å². The topological polar surface area (TPSA) is 47.6 Å². The van der Waals surface area contributed by atoms with Gasteiger partial charge < -0.3 is 14.8 Å². The number of carbonyl (C=O) groups is 1. The predicted molar refractivity (Wildman–Crippen MR) is 85.6 cm³/mol. The molecule has 0 aromatic heterocycles. The van der Waals surface area contributed by atoms with E-state index in [2.05, 4.69) is 10.1 Å². The largest absolute Gasteiger partial charge is 0.435 e. The van der Waals surface area contributed by atoms with Gasteiger partial charge in [0.1, 0.15) is 11.9 Å². The van der Waals surface area contributed by atoms with E-state index in [0.717, 1.165) is 11.1 Å². The molecule has 0 radical (unpaired) electrons. The van der Waals surface area contributed by atoms with E-state index < -0.39 is 12.7 Å². The first-order chi connectivity index (χ1) is 11.5. The molecule has 1 atom stereocenters. The fourth-order valence-electron chi connectivity index (χ4n) is 1.99. The van der Waals surface area contributed by atoms with Gasteiger partial charge in [-0.15, -0.1) is 0 Å². The zero-order valence-corrected chi connectivity index (χ0v) is 13.2. The smallest absolute Gasteiger partial charge is 0.387 e. The lowest BCUT2D eigenvalue weighted by Crippen LogP contribution is -2.33. The van der Waals surface area contributed by atoms with Crippen LogP contribution in [0.1, 0.15) is 18.1 Å². The van der Waals surface area contributed by atoms with Crippen molar-refractivity contribution in [3.63, 3.8) is 0 Å². The van der Waals surface area contributed by atoms with E-state index in [-0.39, 0.29) is 18.2 Å². The maximum absolute atomic E-state index is 12.1. The van der Waals surface area contributed by atoms with Gasteiger partial charge in [0.15, 0.2) is 0 Å². The molecule has 24 heavy (non-hydrogen) atoms. The maximum atomic E-state index is 12.1. The quantitative estimate of drug-likeness (QED) is 0.803. The third kappa shape index (κ3) is 5.96. The van der Waals surface area contributed by atoms with E-state index in [1.54, 1.807) is 19.1 Å². The summed E-state index contributed by atoms with van der Waals surface area (Å²) >= 11 is 0. The first-order valence-corrected chi connectivity index (χ1v) is 7.51. The molecule has 4 nitrogen and oxygen atoms in total. The minimum Gasteiger partial charge on any atom is -0.435 e. The molecule has 6 heteroatoms. The Kier molecular flexibility index (Phi) is 6.69. The van der Waals surface area contributed by atoms with Crippen LogP contribution < -0.4 is 10.1 Å². The monoisotopic (exact) mass is 335 g/mol. The molecule has 0 aliphatic heterocycles. The summed E-state index contributed by atoms with van der Waals surface area (Å²) in [4.78, 5) is 12.0. The second-order valence-electron chi connectivity index (χ2n) is 5.18. The highest BCUT2D eigenvalue weighted by Gasteiger charge is 2.13. The SMILES string of the molecule is CC(OCc1ccccc1)C(=O)NCc1ccc(OC(F)F)cc1. The van der Waals surface area contributed by atoms with Crippen LogP contribution in [0.15, 0.2) is 54.6 Å². The Hall–Kier alpha value is -2.47. The van der Waals surface area contributed by atoms with Crippen molar-refractivity contribution in [3.05, 3.63) is 65.7 Å². The van der Waals surface area contributed by atoms with E-state index >= 15 is 0 Å². The molecule has 0 spiro atoms. The number of alkyl halides is 2. The number of rotatable bonds is 8. The van der Waals surface area contributed by atoms with Gasteiger partial charge in [-0.1, -0.05) is 42.5 Å². The van der Waals surface area contributed by atoms with Crippen molar-refractivity contribution in [2.45, 2.75) is 32.8 Å². The molecule has 0 aliphatic carbocycles. The number of hydrogen-bond acceptors (Lipinski definition) is 3. The molecular formula is C18H19F2NO3. The Labute approximate surface area is 139 Å². The molecule has 2 aromatic rings. The number of benzene rings is 2. The fraction of sp³-hybridized carbons (Fsp3) is 0.278. The highest BCUT2D eigenvalue weighted by molar-refractivity contribution is 5.80. The minimum atomic E-state index is -2.85. The Morgan fingerprint density at radius 2 is 1.71 bits per heavy atom. The van der Waals surface area contributed by atoms with E-state index in [4.69, 9.17) is 4.74 Å². The van der Waals surface area contributed by atoms with Gasteiger partial charge >= 0.3 is 6.61 Å². The van der Waals surface area contributed by atoms with Crippen LogP contribution in [0.2, 0.25) is 0 Å². The molecule has 0 bridgehead atoms. The molecule has 1 amide bonds. The van der Waals surface area contributed by atoms with Crippen molar-refractivity contribution >= 4 is 5.91 Å². The number of amides is 1. The van der Waals surface area contributed by atoms with E-state index in [0.29, 0.717) is 6.61 Å². The van der Waals surface area contributed by atoms with E-state index in [9.17, 15) is 13.6 Å². The van der Waals surface area contributed by atoms with Crippen molar-refractivity contribution in [1.29, 1.82) is 0 Å². The predicted octanol–water partition coefficient (Wildman–Crippen LogP) is 3.51. The summed E-state index contributed by atoms with van der Waals surface area (Å²) in [5.74, 6) is -0.154. The molecule has 0 aliphatic rings. The van der Waals surface area contributed by atoms with Crippen LogP contribution in [0, 0.1) is 0 Å². The Morgan fingerprint density at radius 3 is 2.33 bits per heavy atom. The summed E-state index contributed by atoms with van der Waals surface area (Å²) in [6.45, 7) is -0.530. The number of carbonyl (C=O) groups excluding carboxylic acids is 1. The number of ether oxygens (including phenoxy) is 2. The lowest BCUT2D eigenvalue weighted by Gasteiger charge is -2.13. The molecule has 128 valence electrons. The van der Waals surface area contributed by atoms with Crippen molar-refractivity contribution in [2.24, 2.45) is 0 Å². The zero-order valence-electron chi connectivity index (χ0n) is 13.2. The van der Waals surface area contributed by atoms with Crippen molar-refractivity contribution in [1.82, 2.24) is 5.32 Å². The van der Waals surface area contributed by atoms with Gasteiger partial charge in [0.05, 0.1) is 6.61 Å². The van der Waals surface area contributed by atoms with Gasteiger partial charge in [-0.25, -0.2) is 0 Å². The van der Waals surface area contributed by atoms with Crippen LogP contribution in [0.25, 0.3) is 0 Å². The summed E-state index contributed by atoms with van der Waals surface area (Å²) in [6, 6.07) is 15.7. The maximum Gasteiger partial charge on any atom is 0.387 e. The summed E-state index contributed by atoms with van der Waals surface area (Å²) in [5, 5.41) is 2.74. The lowest BCUT2D eigenvalue weighted by atomic mass is 10.2. The van der Waals surface area contributed by atoms with Crippen LogP contribution in [0.5, 0.6) is 5.75 Å². The Morgan fingerprint density at radius 1 is 1.04 bits per heavy atom. The highest BCUT2D eigenvalue weighted by Crippen LogP contribution is 2.14. The molecule has 0 saturated carbocycles. The highest BCUT2D eigenvalue weighted by atomic mass is 19.3. The molecule has 0 fully saturated rings. The number of hydrogen-bond donors (Lipinski definition) is 1. The lowest BCUT2D eigenvalue weighted by molar-refractivity contribution is -0.132. The molecule has 1 unspecified atom stereocenters. The minimum absolute atomic E-state index is 0.0830. The van der Waals surface area contributed by atoms with Gasteiger partial charge in [0.25, 0.3) is 0 Å². The summed E-state index contributed by atoms with van der Waals surface area (Å²) in [7, 11) is 0. The standard InChI is InChI=1S/C18H19F2NO3/c1-13(23-12-15-5-3-2-4-6-15)17(22)21-11-14-7-9-16(10-8-14)24-18(19)20/h2-10,13,18H,11-12H2,1H3,(H,21,22). The van der Waals surface area contributed by atoms with E-state index in [1.807, 2.05) is 30.3 Å². The molecule has 0 saturated heterocycles. The third-order valence-electron chi connectivity index (χ3n) is 3.33. The average Bonchev–Trinajstić information content (AvgIpc) is 2.59. The van der Waals surface area contributed by atoms with Crippen LogP contribution in [0.4, 0.5) is 8.78 Å². The van der Waals surface area contributed by atoms with Gasteiger partial charge in [-0.3, -0.25) is 4.79 Å². The molecular weight excluding hydrogens is 316 g/mol.